The van der Waals surface area contributed by atoms with Crippen molar-refractivity contribution in [1.82, 2.24) is 0 Å². The van der Waals surface area contributed by atoms with Crippen LogP contribution < -0.4 is 9.62 Å². The molecule has 134 valence electrons. The molecule has 1 amide bonds. The number of hydrogen-bond acceptors (Lipinski definition) is 3. The zero-order chi connectivity index (χ0) is 18.8. The molecule has 0 aromatic heterocycles. The van der Waals surface area contributed by atoms with Gasteiger partial charge in [-0.3, -0.25) is 9.10 Å². The van der Waals surface area contributed by atoms with Gasteiger partial charge < -0.3 is 5.32 Å². The quantitative estimate of drug-likeness (QED) is 0.886. The number of hydrogen-bond donors (Lipinski definition) is 1. The van der Waals surface area contributed by atoms with Crippen LogP contribution in [0.1, 0.15) is 18.1 Å². The minimum absolute atomic E-state index is 0.230. The first-order valence-corrected chi connectivity index (χ1v) is 9.58. The highest BCUT2D eigenvalue weighted by Gasteiger charge is 2.29. The van der Waals surface area contributed by atoms with Crippen LogP contribution in [-0.4, -0.2) is 26.6 Å². The van der Waals surface area contributed by atoms with Crippen LogP contribution in [0.4, 0.5) is 15.8 Å². The molecule has 7 heteroatoms. The lowest BCUT2D eigenvalue weighted by Gasteiger charge is -2.28. The van der Waals surface area contributed by atoms with E-state index >= 15 is 0 Å². The Bertz CT molecular complexity index is 859. The Morgan fingerprint density at radius 2 is 1.60 bits per heavy atom. The fraction of sp³-hybridized carbons (Fsp3) is 0.278. The molecular weight excluding hydrogens is 343 g/mol. The summed E-state index contributed by atoms with van der Waals surface area (Å²) in [5, 5.41) is 2.79. The number of para-hydroxylation sites is 1. The SMILES string of the molecule is Cc1cccc(C)c1NC(=O)[C@@H](C)N(c1ccc(F)cc1)S(C)(=O)=O. The van der Waals surface area contributed by atoms with Crippen LogP contribution in [0.25, 0.3) is 0 Å². The van der Waals surface area contributed by atoms with Gasteiger partial charge in [0.05, 0.1) is 11.9 Å². The van der Waals surface area contributed by atoms with E-state index in [9.17, 15) is 17.6 Å². The van der Waals surface area contributed by atoms with Crippen molar-refractivity contribution in [2.75, 3.05) is 15.9 Å². The molecule has 0 aliphatic heterocycles. The number of benzene rings is 2. The van der Waals surface area contributed by atoms with E-state index in [4.69, 9.17) is 0 Å². The molecule has 0 heterocycles. The molecule has 0 aliphatic carbocycles. The van der Waals surface area contributed by atoms with Crippen LogP contribution in [-0.2, 0) is 14.8 Å². The second-order valence-corrected chi connectivity index (χ2v) is 7.83. The summed E-state index contributed by atoms with van der Waals surface area (Å²) in [6.07, 6.45) is 1.01. The Morgan fingerprint density at radius 1 is 1.08 bits per heavy atom. The highest BCUT2D eigenvalue weighted by atomic mass is 32.2. The van der Waals surface area contributed by atoms with Gasteiger partial charge in [-0.2, -0.15) is 0 Å². The maximum atomic E-state index is 13.1. The van der Waals surface area contributed by atoms with Gasteiger partial charge in [0.1, 0.15) is 11.9 Å². The lowest BCUT2D eigenvalue weighted by atomic mass is 10.1. The summed E-state index contributed by atoms with van der Waals surface area (Å²) in [4.78, 5) is 12.7. The van der Waals surface area contributed by atoms with Crippen LogP contribution in [0.5, 0.6) is 0 Å². The number of carbonyl (C=O) groups is 1. The number of halogens is 1. The van der Waals surface area contributed by atoms with Crippen LogP contribution in [0, 0.1) is 19.7 Å². The van der Waals surface area contributed by atoms with E-state index in [2.05, 4.69) is 5.32 Å². The molecule has 0 saturated heterocycles. The van der Waals surface area contributed by atoms with E-state index in [1.165, 1.54) is 19.1 Å². The molecule has 1 N–H and O–H groups in total. The van der Waals surface area contributed by atoms with Gasteiger partial charge in [-0.15, -0.1) is 0 Å². The normalized spacial score (nSPS) is 12.5. The number of rotatable bonds is 5. The summed E-state index contributed by atoms with van der Waals surface area (Å²) < 4.78 is 38.5. The van der Waals surface area contributed by atoms with Gasteiger partial charge in [0.25, 0.3) is 0 Å². The van der Waals surface area contributed by atoms with Gasteiger partial charge >= 0.3 is 0 Å². The van der Waals surface area contributed by atoms with Crippen molar-refractivity contribution in [3.05, 3.63) is 59.4 Å². The number of amides is 1. The van der Waals surface area contributed by atoms with E-state index in [0.717, 1.165) is 33.8 Å². The van der Waals surface area contributed by atoms with Crippen molar-refractivity contribution in [2.24, 2.45) is 0 Å². The lowest BCUT2D eigenvalue weighted by molar-refractivity contribution is -0.116. The van der Waals surface area contributed by atoms with Gasteiger partial charge in [0.15, 0.2) is 0 Å². The summed E-state index contributed by atoms with van der Waals surface area (Å²) >= 11 is 0. The maximum Gasteiger partial charge on any atom is 0.248 e. The summed E-state index contributed by atoms with van der Waals surface area (Å²) in [5.41, 5.74) is 2.65. The fourth-order valence-electron chi connectivity index (χ4n) is 2.64. The first kappa shape index (κ1) is 18.9. The largest absolute Gasteiger partial charge is 0.324 e. The summed E-state index contributed by atoms with van der Waals surface area (Å²) in [5.74, 6) is -0.947. The number of nitrogens with zero attached hydrogens (tertiary/aromatic N) is 1. The van der Waals surface area contributed by atoms with Crippen molar-refractivity contribution in [1.29, 1.82) is 0 Å². The molecule has 0 spiro atoms. The van der Waals surface area contributed by atoms with Crippen molar-refractivity contribution in [3.63, 3.8) is 0 Å². The fourth-order valence-corrected chi connectivity index (χ4v) is 3.81. The van der Waals surface area contributed by atoms with Crippen LogP contribution >= 0.6 is 0 Å². The topological polar surface area (TPSA) is 66.5 Å². The first-order valence-electron chi connectivity index (χ1n) is 7.73. The molecule has 0 saturated carbocycles. The summed E-state index contributed by atoms with van der Waals surface area (Å²) in [6.45, 7) is 5.22. The second-order valence-electron chi connectivity index (χ2n) is 5.97. The Balaban J connectivity index is 2.35. The summed E-state index contributed by atoms with van der Waals surface area (Å²) in [6, 6.07) is 9.58. The van der Waals surface area contributed by atoms with Crippen molar-refractivity contribution in [2.45, 2.75) is 26.8 Å². The predicted molar refractivity (Wildman–Crippen MR) is 97.7 cm³/mol. The molecule has 2 aromatic carbocycles. The second kappa shape index (κ2) is 7.23. The van der Waals surface area contributed by atoms with Gasteiger partial charge in [-0.25, -0.2) is 12.8 Å². The van der Waals surface area contributed by atoms with E-state index in [0.29, 0.717) is 5.69 Å². The van der Waals surface area contributed by atoms with Crippen molar-refractivity contribution in [3.8, 4) is 0 Å². The standard InChI is InChI=1S/C18H21FN2O3S/c1-12-6-5-7-13(2)17(12)20-18(22)14(3)21(25(4,23)24)16-10-8-15(19)9-11-16/h5-11,14H,1-4H3,(H,20,22)/t14-/m1/s1. The van der Waals surface area contributed by atoms with E-state index in [1.807, 2.05) is 32.0 Å². The van der Waals surface area contributed by atoms with Gasteiger partial charge in [0.2, 0.25) is 15.9 Å². The lowest BCUT2D eigenvalue weighted by Crippen LogP contribution is -2.45. The van der Waals surface area contributed by atoms with Crippen LogP contribution in [0.15, 0.2) is 42.5 Å². The van der Waals surface area contributed by atoms with E-state index in [-0.39, 0.29) is 5.69 Å². The van der Waals surface area contributed by atoms with Gasteiger partial charge in [-0.05, 0) is 56.2 Å². The van der Waals surface area contributed by atoms with E-state index < -0.39 is 27.8 Å². The molecular formula is C18H21FN2O3S. The first-order chi connectivity index (χ1) is 11.6. The third-order valence-corrected chi connectivity index (χ3v) is 5.14. The molecule has 0 bridgehead atoms. The van der Waals surface area contributed by atoms with Crippen LogP contribution in [0.2, 0.25) is 0 Å². The number of nitrogens with one attached hydrogen (secondary N) is 1. The number of carbonyl (C=O) groups excluding carboxylic acids is 1. The molecule has 2 rings (SSSR count). The molecule has 5 nitrogen and oxygen atoms in total. The van der Waals surface area contributed by atoms with E-state index in [1.54, 1.807) is 0 Å². The zero-order valence-corrected chi connectivity index (χ0v) is 15.4. The molecule has 0 aliphatic rings. The van der Waals surface area contributed by atoms with Gasteiger partial charge in [-0.1, -0.05) is 18.2 Å². The average molecular weight is 364 g/mol. The van der Waals surface area contributed by atoms with Crippen molar-refractivity contribution < 1.29 is 17.6 Å². The molecule has 0 fully saturated rings. The van der Waals surface area contributed by atoms with Crippen LogP contribution in [0.3, 0.4) is 0 Å². The third kappa shape index (κ3) is 4.36. The Hall–Kier alpha value is -2.41. The number of aryl methyl sites for hydroxylation is 2. The summed E-state index contributed by atoms with van der Waals surface area (Å²) in [7, 11) is -3.74. The smallest absolute Gasteiger partial charge is 0.248 e. The monoisotopic (exact) mass is 364 g/mol. The minimum atomic E-state index is -3.74. The Labute approximate surface area is 147 Å². The zero-order valence-electron chi connectivity index (χ0n) is 14.6. The average Bonchev–Trinajstić information content (AvgIpc) is 2.51. The maximum absolute atomic E-state index is 13.1. The van der Waals surface area contributed by atoms with Gasteiger partial charge in [0, 0.05) is 5.69 Å². The molecule has 1 atom stereocenters. The molecule has 0 unspecified atom stereocenters. The number of sulfonamides is 1. The Kier molecular flexibility index (Phi) is 5.47. The molecule has 0 radical (unpaired) electrons. The molecule has 2 aromatic rings. The highest BCUT2D eigenvalue weighted by Crippen LogP contribution is 2.24. The Morgan fingerprint density at radius 3 is 2.08 bits per heavy atom. The predicted octanol–water partition coefficient (Wildman–Crippen LogP) is 3.24. The minimum Gasteiger partial charge on any atom is -0.324 e. The van der Waals surface area contributed by atoms with Crippen molar-refractivity contribution >= 4 is 27.3 Å². The third-order valence-electron chi connectivity index (χ3n) is 3.90. The molecule has 25 heavy (non-hydrogen) atoms. The highest BCUT2D eigenvalue weighted by molar-refractivity contribution is 7.92. The number of anilines is 2.